The molecule has 1 heterocycles. The number of nitrogens with one attached hydrogen (secondary N) is 2. The van der Waals surface area contributed by atoms with Gasteiger partial charge in [-0.2, -0.15) is 0 Å². The maximum atomic E-state index is 4.37. The Kier molecular flexibility index (Phi) is 4.79. The minimum Gasteiger partial charge on any atom is -0.373 e. The summed E-state index contributed by atoms with van der Waals surface area (Å²) in [4.78, 5) is 8.59. The van der Waals surface area contributed by atoms with Gasteiger partial charge in [-0.1, -0.05) is 32.1 Å². The van der Waals surface area contributed by atoms with Gasteiger partial charge in [-0.05, 0) is 19.8 Å². The van der Waals surface area contributed by atoms with Crippen LogP contribution in [0.1, 0.15) is 50.5 Å². The zero-order valence-corrected chi connectivity index (χ0v) is 11.5. The average molecular weight is 248 g/mol. The molecule has 1 aromatic heterocycles. The second kappa shape index (κ2) is 6.57. The zero-order chi connectivity index (χ0) is 12.8. The Balaban J connectivity index is 2.03. The van der Waals surface area contributed by atoms with Gasteiger partial charge in [0.2, 0.25) is 0 Å². The molecule has 2 N–H and O–H groups in total. The van der Waals surface area contributed by atoms with Crippen molar-refractivity contribution in [3.63, 3.8) is 0 Å². The Morgan fingerprint density at radius 3 is 2.28 bits per heavy atom. The minimum atomic E-state index is 0.573. The van der Waals surface area contributed by atoms with Crippen LogP contribution in [0, 0.1) is 6.92 Å². The van der Waals surface area contributed by atoms with E-state index in [1.807, 2.05) is 7.05 Å². The van der Waals surface area contributed by atoms with Gasteiger partial charge in [0.25, 0.3) is 0 Å². The van der Waals surface area contributed by atoms with Gasteiger partial charge in [-0.3, -0.25) is 0 Å². The molecule has 0 saturated heterocycles. The van der Waals surface area contributed by atoms with Crippen molar-refractivity contribution >= 4 is 11.6 Å². The quantitative estimate of drug-likeness (QED) is 0.861. The van der Waals surface area contributed by atoms with Gasteiger partial charge in [-0.15, -0.1) is 0 Å². The highest BCUT2D eigenvalue weighted by atomic mass is 15.1. The number of nitrogens with zero attached hydrogens (tertiary/aromatic N) is 2. The van der Waals surface area contributed by atoms with Crippen molar-refractivity contribution in [1.29, 1.82) is 0 Å². The molecule has 0 aromatic carbocycles. The first-order valence-corrected chi connectivity index (χ1v) is 7.07. The topological polar surface area (TPSA) is 49.8 Å². The van der Waals surface area contributed by atoms with E-state index in [1.165, 1.54) is 44.9 Å². The summed E-state index contributed by atoms with van der Waals surface area (Å²) in [5.41, 5.74) is 1.11. The van der Waals surface area contributed by atoms with Gasteiger partial charge >= 0.3 is 0 Å². The molecule has 0 amide bonds. The number of rotatable bonds is 3. The SMILES string of the molecule is CNc1ncnc(NC2CCCCCCC2)c1C. The van der Waals surface area contributed by atoms with Crippen LogP contribution in [0.15, 0.2) is 6.33 Å². The maximum Gasteiger partial charge on any atom is 0.134 e. The van der Waals surface area contributed by atoms with Crippen LogP contribution in [-0.2, 0) is 0 Å². The second-order valence-corrected chi connectivity index (χ2v) is 5.13. The molecule has 0 aliphatic heterocycles. The fourth-order valence-corrected chi connectivity index (χ4v) is 2.64. The Hall–Kier alpha value is -1.32. The molecule has 4 nitrogen and oxygen atoms in total. The summed E-state index contributed by atoms with van der Waals surface area (Å²) in [6.07, 6.45) is 11.0. The van der Waals surface area contributed by atoms with E-state index in [4.69, 9.17) is 0 Å². The molecule has 1 saturated carbocycles. The molecule has 1 aliphatic carbocycles. The van der Waals surface area contributed by atoms with Crippen molar-refractivity contribution in [1.82, 2.24) is 9.97 Å². The summed E-state index contributed by atoms with van der Waals surface area (Å²) in [6, 6.07) is 0.573. The molecule has 18 heavy (non-hydrogen) atoms. The van der Waals surface area contributed by atoms with E-state index in [2.05, 4.69) is 27.5 Å². The molecule has 4 heteroatoms. The van der Waals surface area contributed by atoms with E-state index in [0.717, 1.165) is 17.2 Å². The lowest BCUT2D eigenvalue weighted by Crippen LogP contribution is -2.22. The van der Waals surface area contributed by atoms with Crippen LogP contribution in [0.3, 0.4) is 0 Å². The van der Waals surface area contributed by atoms with Crippen LogP contribution in [0.5, 0.6) is 0 Å². The van der Waals surface area contributed by atoms with Gasteiger partial charge in [0.1, 0.15) is 18.0 Å². The van der Waals surface area contributed by atoms with Gasteiger partial charge in [-0.25, -0.2) is 9.97 Å². The fraction of sp³-hybridized carbons (Fsp3) is 0.714. The molecule has 2 rings (SSSR count). The van der Waals surface area contributed by atoms with E-state index < -0.39 is 0 Å². The molecule has 0 bridgehead atoms. The third-order valence-corrected chi connectivity index (χ3v) is 3.77. The van der Waals surface area contributed by atoms with Crippen LogP contribution in [0.4, 0.5) is 11.6 Å². The molecule has 100 valence electrons. The van der Waals surface area contributed by atoms with Gasteiger partial charge in [0.15, 0.2) is 0 Å². The number of hydrogen-bond donors (Lipinski definition) is 2. The van der Waals surface area contributed by atoms with E-state index in [9.17, 15) is 0 Å². The Morgan fingerprint density at radius 1 is 1.00 bits per heavy atom. The van der Waals surface area contributed by atoms with Gasteiger partial charge < -0.3 is 10.6 Å². The smallest absolute Gasteiger partial charge is 0.134 e. The predicted octanol–water partition coefficient (Wildman–Crippen LogP) is 3.35. The van der Waals surface area contributed by atoms with Crippen LogP contribution < -0.4 is 10.6 Å². The van der Waals surface area contributed by atoms with E-state index >= 15 is 0 Å². The zero-order valence-electron chi connectivity index (χ0n) is 11.5. The first kappa shape index (κ1) is 13.1. The molecule has 1 fully saturated rings. The third-order valence-electron chi connectivity index (χ3n) is 3.77. The number of aromatic nitrogens is 2. The summed E-state index contributed by atoms with van der Waals surface area (Å²) in [7, 11) is 1.90. The predicted molar refractivity (Wildman–Crippen MR) is 76.0 cm³/mol. The third kappa shape index (κ3) is 3.34. The van der Waals surface area contributed by atoms with Crippen LogP contribution in [0.25, 0.3) is 0 Å². The van der Waals surface area contributed by atoms with Crippen molar-refractivity contribution in [2.24, 2.45) is 0 Å². The van der Waals surface area contributed by atoms with Crippen molar-refractivity contribution < 1.29 is 0 Å². The van der Waals surface area contributed by atoms with Crippen LogP contribution in [0.2, 0.25) is 0 Å². The van der Waals surface area contributed by atoms with Gasteiger partial charge in [0, 0.05) is 18.7 Å². The molecule has 0 unspecified atom stereocenters. The lowest BCUT2D eigenvalue weighted by molar-refractivity contribution is 0.470. The molecule has 1 aromatic rings. The van der Waals surface area contributed by atoms with E-state index in [-0.39, 0.29) is 0 Å². The fourth-order valence-electron chi connectivity index (χ4n) is 2.64. The summed E-state index contributed by atoms with van der Waals surface area (Å²) < 4.78 is 0. The van der Waals surface area contributed by atoms with E-state index in [1.54, 1.807) is 6.33 Å². The maximum absolute atomic E-state index is 4.37. The first-order chi connectivity index (χ1) is 8.81. The summed E-state index contributed by atoms with van der Waals surface area (Å²) >= 11 is 0. The number of hydrogen-bond acceptors (Lipinski definition) is 4. The normalized spacial score (nSPS) is 17.9. The summed E-state index contributed by atoms with van der Waals surface area (Å²) in [5, 5.41) is 6.70. The monoisotopic (exact) mass is 248 g/mol. The molecular formula is C14H24N4. The van der Waals surface area contributed by atoms with Crippen molar-refractivity contribution in [3.8, 4) is 0 Å². The Labute approximate surface area is 110 Å². The molecule has 0 atom stereocenters. The summed E-state index contributed by atoms with van der Waals surface area (Å²) in [6.45, 7) is 2.07. The molecule has 0 spiro atoms. The van der Waals surface area contributed by atoms with Crippen molar-refractivity contribution in [2.45, 2.75) is 57.9 Å². The highest BCUT2D eigenvalue weighted by Gasteiger charge is 2.13. The van der Waals surface area contributed by atoms with Crippen LogP contribution >= 0.6 is 0 Å². The largest absolute Gasteiger partial charge is 0.373 e. The Morgan fingerprint density at radius 2 is 1.61 bits per heavy atom. The van der Waals surface area contributed by atoms with Crippen LogP contribution in [-0.4, -0.2) is 23.1 Å². The Bertz CT molecular complexity index is 370. The lowest BCUT2D eigenvalue weighted by Gasteiger charge is -2.22. The second-order valence-electron chi connectivity index (χ2n) is 5.13. The average Bonchev–Trinajstić information content (AvgIpc) is 2.34. The molecule has 1 aliphatic rings. The molecule has 0 radical (unpaired) electrons. The van der Waals surface area contributed by atoms with Gasteiger partial charge in [0.05, 0.1) is 0 Å². The standard InChI is InChI=1S/C14H24N4/c1-11-13(15-2)16-10-17-14(11)18-12-8-6-4-3-5-7-9-12/h10,12H,3-9H2,1-2H3,(H2,15,16,17,18). The molecular weight excluding hydrogens is 224 g/mol. The summed E-state index contributed by atoms with van der Waals surface area (Å²) in [5.74, 6) is 1.90. The van der Waals surface area contributed by atoms with E-state index in [0.29, 0.717) is 6.04 Å². The van der Waals surface area contributed by atoms with Crippen molar-refractivity contribution in [2.75, 3.05) is 17.7 Å². The minimum absolute atomic E-state index is 0.573. The highest BCUT2D eigenvalue weighted by molar-refractivity contribution is 5.56. The lowest BCUT2D eigenvalue weighted by atomic mass is 9.96. The van der Waals surface area contributed by atoms with Crippen molar-refractivity contribution in [3.05, 3.63) is 11.9 Å². The first-order valence-electron chi connectivity index (χ1n) is 7.07. The number of anilines is 2. The highest BCUT2D eigenvalue weighted by Crippen LogP contribution is 2.23.